The highest BCUT2D eigenvalue weighted by atomic mass is 16.3. The first-order chi connectivity index (χ1) is 13.6. The monoisotopic (exact) mass is 370 g/mol. The number of Topliss-reactive ketones (excluding diaryl/α,β-unsaturated/α-hetero) is 1. The number of benzene rings is 2. The third-order valence-electron chi connectivity index (χ3n) is 4.82. The number of carbonyl (C=O) groups excluding carboxylic acids is 2. The maximum absolute atomic E-state index is 13.0. The van der Waals surface area contributed by atoms with Crippen molar-refractivity contribution in [3.63, 3.8) is 0 Å². The summed E-state index contributed by atoms with van der Waals surface area (Å²) in [7, 11) is 0. The Balaban J connectivity index is 1.97. The summed E-state index contributed by atoms with van der Waals surface area (Å²) < 4.78 is 0. The van der Waals surface area contributed by atoms with Gasteiger partial charge in [-0.1, -0.05) is 66.7 Å². The van der Waals surface area contributed by atoms with E-state index in [9.17, 15) is 14.7 Å². The Morgan fingerprint density at radius 2 is 1.57 bits per heavy atom. The fourth-order valence-corrected chi connectivity index (χ4v) is 3.48. The molecular weight excluding hydrogens is 352 g/mol. The van der Waals surface area contributed by atoms with E-state index in [0.29, 0.717) is 11.4 Å². The van der Waals surface area contributed by atoms with E-state index in [1.54, 1.807) is 36.5 Å². The van der Waals surface area contributed by atoms with E-state index in [2.05, 4.69) is 4.98 Å². The van der Waals surface area contributed by atoms with Crippen molar-refractivity contribution in [2.45, 2.75) is 13.0 Å². The van der Waals surface area contributed by atoms with E-state index in [-0.39, 0.29) is 11.3 Å². The third-order valence-corrected chi connectivity index (χ3v) is 4.82. The lowest BCUT2D eigenvalue weighted by atomic mass is 9.95. The summed E-state index contributed by atoms with van der Waals surface area (Å²) in [5, 5.41) is 10.9. The molecule has 3 aromatic rings. The summed E-state index contributed by atoms with van der Waals surface area (Å²) in [6.07, 6.45) is 1.58. The van der Waals surface area contributed by atoms with E-state index >= 15 is 0 Å². The smallest absolute Gasteiger partial charge is 0.301 e. The number of hydrogen-bond acceptors (Lipinski definition) is 4. The van der Waals surface area contributed by atoms with Crippen LogP contribution in [0.1, 0.15) is 22.7 Å². The second-order valence-electron chi connectivity index (χ2n) is 6.59. The molecule has 0 saturated carbocycles. The Kier molecular flexibility index (Phi) is 4.49. The molecule has 5 nitrogen and oxygen atoms in total. The maximum Gasteiger partial charge on any atom is 0.301 e. The van der Waals surface area contributed by atoms with E-state index < -0.39 is 17.7 Å². The quantitative estimate of drug-likeness (QED) is 0.429. The van der Waals surface area contributed by atoms with Crippen LogP contribution in [0.5, 0.6) is 0 Å². The Labute approximate surface area is 162 Å². The van der Waals surface area contributed by atoms with Crippen molar-refractivity contribution in [3.8, 4) is 0 Å². The molecule has 0 bridgehead atoms. The number of ketones is 1. The van der Waals surface area contributed by atoms with Crippen LogP contribution in [0.3, 0.4) is 0 Å². The summed E-state index contributed by atoms with van der Waals surface area (Å²) in [5.74, 6) is -1.21. The lowest BCUT2D eigenvalue weighted by Crippen LogP contribution is -2.30. The standard InChI is InChI=1S/C23H18N2O3/c1-15-9-8-14-24-22(15)25-19(16-10-4-2-5-11-16)18(21(27)23(25)28)20(26)17-12-6-3-7-13-17/h2-14,19,26H,1H3/b20-18+. The van der Waals surface area contributed by atoms with Crippen molar-refractivity contribution in [2.24, 2.45) is 0 Å². The van der Waals surface area contributed by atoms with E-state index in [1.807, 2.05) is 49.4 Å². The zero-order valence-electron chi connectivity index (χ0n) is 15.2. The highest BCUT2D eigenvalue weighted by molar-refractivity contribution is 6.51. The van der Waals surface area contributed by atoms with Gasteiger partial charge in [0.05, 0.1) is 11.6 Å². The number of nitrogens with zero attached hydrogens (tertiary/aromatic N) is 2. The van der Waals surface area contributed by atoms with Gasteiger partial charge in [-0.15, -0.1) is 0 Å². The Morgan fingerprint density at radius 1 is 0.929 bits per heavy atom. The van der Waals surface area contributed by atoms with Crippen molar-refractivity contribution in [1.29, 1.82) is 0 Å². The number of rotatable bonds is 3. The first-order valence-electron chi connectivity index (χ1n) is 8.92. The number of pyridine rings is 1. The molecule has 0 radical (unpaired) electrons. The average Bonchev–Trinajstić information content (AvgIpc) is 3.00. The van der Waals surface area contributed by atoms with Gasteiger partial charge in [0, 0.05) is 11.8 Å². The highest BCUT2D eigenvalue weighted by Crippen LogP contribution is 2.42. The van der Waals surface area contributed by atoms with Crippen LogP contribution in [-0.4, -0.2) is 21.8 Å². The first-order valence-corrected chi connectivity index (χ1v) is 8.92. The second kappa shape index (κ2) is 7.12. The predicted octanol–water partition coefficient (Wildman–Crippen LogP) is 4.02. The fraction of sp³-hybridized carbons (Fsp3) is 0.0870. The third kappa shape index (κ3) is 2.87. The van der Waals surface area contributed by atoms with Gasteiger partial charge in [0.25, 0.3) is 5.78 Å². The van der Waals surface area contributed by atoms with E-state index in [0.717, 1.165) is 11.1 Å². The molecule has 138 valence electrons. The zero-order chi connectivity index (χ0) is 19.7. The summed E-state index contributed by atoms with van der Waals surface area (Å²) in [6.45, 7) is 1.83. The number of hydrogen-bond donors (Lipinski definition) is 1. The summed E-state index contributed by atoms with van der Waals surface area (Å²) >= 11 is 0. The molecule has 4 rings (SSSR count). The Bertz CT molecular complexity index is 1080. The van der Waals surface area contributed by atoms with Gasteiger partial charge in [0.15, 0.2) is 0 Å². The first kappa shape index (κ1) is 17.7. The van der Waals surface area contributed by atoms with Crippen LogP contribution in [0, 0.1) is 6.92 Å². The highest BCUT2D eigenvalue weighted by Gasteiger charge is 2.47. The number of anilines is 1. The minimum Gasteiger partial charge on any atom is -0.507 e. The fourth-order valence-electron chi connectivity index (χ4n) is 3.48. The van der Waals surface area contributed by atoms with E-state index in [4.69, 9.17) is 0 Å². The van der Waals surface area contributed by atoms with Crippen molar-refractivity contribution in [1.82, 2.24) is 4.98 Å². The van der Waals surface area contributed by atoms with Crippen molar-refractivity contribution >= 4 is 23.3 Å². The van der Waals surface area contributed by atoms with Crippen LogP contribution in [0.2, 0.25) is 0 Å². The number of aliphatic hydroxyl groups excluding tert-OH is 1. The lowest BCUT2D eigenvalue weighted by Gasteiger charge is -2.25. The van der Waals surface area contributed by atoms with Crippen LogP contribution in [0.4, 0.5) is 5.82 Å². The van der Waals surface area contributed by atoms with Crippen LogP contribution in [-0.2, 0) is 9.59 Å². The summed E-state index contributed by atoms with van der Waals surface area (Å²) in [4.78, 5) is 31.7. The summed E-state index contributed by atoms with van der Waals surface area (Å²) in [6, 6.07) is 20.8. The normalized spacial score (nSPS) is 18.5. The molecule has 2 heterocycles. The molecule has 0 aliphatic carbocycles. The zero-order valence-corrected chi connectivity index (χ0v) is 15.2. The molecule has 1 saturated heterocycles. The lowest BCUT2D eigenvalue weighted by molar-refractivity contribution is -0.132. The van der Waals surface area contributed by atoms with Gasteiger partial charge in [-0.05, 0) is 24.1 Å². The molecular formula is C23H18N2O3. The Morgan fingerprint density at radius 3 is 2.21 bits per heavy atom. The van der Waals surface area contributed by atoms with Gasteiger partial charge in [0.1, 0.15) is 11.6 Å². The number of carbonyl (C=O) groups is 2. The number of amides is 1. The molecule has 1 aliphatic rings. The van der Waals surface area contributed by atoms with Gasteiger partial charge < -0.3 is 5.11 Å². The molecule has 1 amide bonds. The van der Waals surface area contributed by atoms with Crippen LogP contribution < -0.4 is 4.90 Å². The van der Waals surface area contributed by atoms with Crippen LogP contribution in [0.15, 0.2) is 84.6 Å². The van der Waals surface area contributed by atoms with Gasteiger partial charge in [0.2, 0.25) is 0 Å². The number of aliphatic hydroxyl groups is 1. The largest absolute Gasteiger partial charge is 0.507 e. The molecule has 1 atom stereocenters. The van der Waals surface area contributed by atoms with Gasteiger partial charge >= 0.3 is 5.91 Å². The minimum absolute atomic E-state index is 0.0625. The van der Waals surface area contributed by atoms with E-state index in [1.165, 1.54) is 4.90 Å². The van der Waals surface area contributed by atoms with Crippen LogP contribution in [0.25, 0.3) is 5.76 Å². The van der Waals surface area contributed by atoms with Gasteiger partial charge in [-0.2, -0.15) is 0 Å². The molecule has 1 fully saturated rings. The molecule has 1 unspecified atom stereocenters. The molecule has 1 aliphatic heterocycles. The number of aromatic nitrogens is 1. The second-order valence-corrected chi connectivity index (χ2v) is 6.59. The minimum atomic E-state index is -0.755. The molecule has 1 aromatic heterocycles. The topological polar surface area (TPSA) is 70.5 Å². The molecule has 5 heteroatoms. The molecule has 28 heavy (non-hydrogen) atoms. The Hall–Kier alpha value is -3.73. The summed E-state index contributed by atoms with van der Waals surface area (Å²) in [5.41, 5.74) is 2.04. The number of aryl methyl sites for hydroxylation is 1. The van der Waals surface area contributed by atoms with Crippen molar-refractivity contribution < 1.29 is 14.7 Å². The van der Waals surface area contributed by atoms with Crippen molar-refractivity contribution in [3.05, 3.63) is 101 Å². The maximum atomic E-state index is 13.0. The van der Waals surface area contributed by atoms with Crippen LogP contribution >= 0.6 is 0 Å². The molecule has 1 N–H and O–H groups in total. The average molecular weight is 370 g/mol. The van der Waals surface area contributed by atoms with Gasteiger partial charge in [-0.25, -0.2) is 4.98 Å². The molecule has 0 spiro atoms. The van der Waals surface area contributed by atoms with Crippen molar-refractivity contribution in [2.75, 3.05) is 4.90 Å². The SMILES string of the molecule is Cc1cccnc1N1C(=O)C(=O)/C(=C(/O)c2ccccc2)C1c1ccccc1. The molecule has 2 aromatic carbocycles. The predicted molar refractivity (Wildman–Crippen MR) is 107 cm³/mol. The van der Waals surface area contributed by atoms with Gasteiger partial charge in [-0.3, -0.25) is 14.5 Å².